The number of aromatic nitrogens is 4. The molecule has 2 aliphatic rings. The number of hydrogen-bond acceptors (Lipinski definition) is 5. The maximum Gasteiger partial charge on any atom is 0.416 e. The number of nitrogens with two attached hydrogens (primary N) is 1. The molecule has 4 aromatic rings. The van der Waals surface area contributed by atoms with Crippen molar-refractivity contribution in [2.45, 2.75) is 31.4 Å². The fraction of sp³-hybridized carbons (Fsp3) is 0.280. The molecule has 2 aliphatic carbocycles. The Balaban J connectivity index is 1.28. The highest BCUT2D eigenvalue weighted by molar-refractivity contribution is 6.04. The highest BCUT2D eigenvalue weighted by Crippen LogP contribution is 2.57. The average Bonchev–Trinajstić information content (AvgIpc) is 3.25. The Morgan fingerprint density at radius 3 is 2.49 bits per heavy atom. The van der Waals surface area contributed by atoms with Gasteiger partial charge in [0.15, 0.2) is 0 Å². The molecule has 0 bridgehead atoms. The van der Waals surface area contributed by atoms with Gasteiger partial charge in [0, 0.05) is 35.6 Å². The maximum absolute atomic E-state index is 12.9. The van der Waals surface area contributed by atoms with E-state index in [0.717, 1.165) is 59.9 Å². The van der Waals surface area contributed by atoms with Crippen LogP contribution in [-0.2, 0) is 6.18 Å². The molecule has 3 aromatic heterocycles. The average molecular weight is 478 g/mol. The zero-order valence-corrected chi connectivity index (χ0v) is 18.5. The van der Waals surface area contributed by atoms with Gasteiger partial charge in [-0.25, -0.2) is 15.0 Å². The first kappa shape index (κ1) is 21.6. The quantitative estimate of drug-likeness (QED) is 0.422. The summed E-state index contributed by atoms with van der Waals surface area (Å²) < 4.78 is 40.8. The van der Waals surface area contributed by atoms with Gasteiger partial charge in [0.05, 0.1) is 5.56 Å². The number of carbonyl (C=O) groups is 1. The number of halogens is 3. The molecule has 1 aromatic carbocycles. The number of carbonyl (C=O) groups excluding carboxylic acids is 1. The molecule has 178 valence electrons. The second kappa shape index (κ2) is 7.79. The fourth-order valence-corrected chi connectivity index (χ4v) is 5.15. The first-order valence-electron chi connectivity index (χ1n) is 11.4. The second-order valence-corrected chi connectivity index (χ2v) is 9.23. The Morgan fingerprint density at radius 1 is 1.03 bits per heavy atom. The van der Waals surface area contributed by atoms with Crippen molar-refractivity contribution in [2.75, 3.05) is 11.1 Å². The fourth-order valence-electron chi connectivity index (χ4n) is 5.15. The standard InChI is InChI=1S/C25H21F3N6O/c26-25(27,28)18-5-6-30-19(12-18)32-24(35)14-3-1-13(2-4-14)20-21-22(29)31-7-8-34(21)23(33-20)17-10-15-9-16(15)11-17/h1-8,12,15-17H,9-11H2,(H2,29,31)(H,30,32,35)/t15-,16+,17?. The summed E-state index contributed by atoms with van der Waals surface area (Å²) in [5, 5.41) is 2.42. The molecule has 1 amide bonds. The van der Waals surface area contributed by atoms with Crippen molar-refractivity contribution in [1.82, 2.24) is 19.4 Å². The molecule has 2 saturated carbocycles. The Kier molecular flexibility index (Phi) is 4.80. The van der Waals surface area contributed by atoms with Crippen molar-refractivity contribution in [2.24, 2.45) is 11.8 Å². The van der Waals surface area contributed by atoms with E-state index in [9.17, 15) is 18.0 Å². The monoisotopic (exact) mass is 478 g/mol. The Labute approximate surface area is 198 Å². The topological polar surface area (TPSA) is 98.2 Å². The van der Waals surface area contributed by atoms with E-state index in [1.54, 1.807) is 30.5 Å². The third-order valence-electron chi connectivity index (χ3n) is 6.97. The summed E-state index contributed by atoms with van der Waals surface area (Å²) in [5.74, 6) is 2.61. The SMILES string of the molecule is Nc1nccn2c(C3C[C@@H]4C[C@@H]4C3)nc(-c3ccc(C(=O)Nc4cc(C(F)(F)F)ccn4)cc3)c12. The summed E-state index contributed by atoms with van der Waals surface area (Å²) in [7, 11) is 0. The maximum atomic E-state index is 12.9. The lowest BCUT2D eigenvalue weighted by Crippen LogP contribution is -2.14. The first-order chi connectivity index (χ1) is 16.8. The van der Waals surface area contributed by atoms with Crippen LogP contribution in [0, 0.1) is 11.8 Å². The van der Waals surface area contributed by atoms with Crippen LogP contribution >= 0.6 is 0 Å². The lowest BCUT2D eigenvalue weighted by molar-refractivity contribution is -0.137. The van der Waals surface area contributed by atoms with E-state index < -0.39 is 17.6 Å². The normalized spacial score (nSPS) is 21.2. The number of nitrogens with one attached hydrogen (secondary N) is 1. The number of alkyl halides is 3. The number of fused-ring (bicyclic) bond motifs is 2. The van der Waals surface area contributed by atoms with Crippen molar-refractivity contribution in [3.8, 4) is 11.3 Å². The Bertz CT molecular complexity index is 1440. The number of imidazole rings is 1. The van der Waals surface area contributed by atoms with Crippen molar-refractivity contribution in [3.05, 3.63) is 71.9 Å². The number of nitrogens with zero attached hydrogens (tertiary/aromatic N) is 4. The van der Waals surface area contributed by atoms with Crippen LogP contribution in [0.4, 0.5) is 24.8 Å². The third-order valence-corrected chi connectivity index (χ3v) is 6.97. The molecule has 6 rings (SSSR count). The van der Waals surface area contributed by atoms with E-state index in [1.165, 1.54) is 6.42 Å². The molecular weight excluding hydrogens is 457 g/mol. The van der Waals surface area contributed by atoms with Crippen LogP contribution in [0.1, 0.15) is 46.9 Å². The third kappa shape index (κ3) is 3.88. The number of pyridine rings is 1. The van der Waals surface area contributed by atoms with Gasteiger partial charge in [-0.05, 0) is 55.4 Å². The number of anilines is 2. The smallest absolute Gasteiger partial charge is 0.382 e. The predicted molar refractivity (Wildman–Crippen MR) is 124 cm³/mol. The molecular formula is C25H21F3N6O. The molecule has 2 fully saturated rings. The van der Waals surface area contributed by atoms with Gasteiger partial charge in [-0.2, -0.15) is 13.2 Å². The van der Waals surface area contributed by atoms with Crippen LogP contribution in [0.5, 0.6) is 0 Å². The minimum atomic E-state index is -4.52. The predicted octanol–water partition coefficient (Wildman–Crippen LogP) is 5.16. The van der Waals surface area contributed by atoms with Crippen LogP contribution < -0.4 is 11.1 Å². The number of amides is 1. The van der Waals surface area contributed by atoms with E-state index in [0.29, 0.717) is 17.4 Å². The zero-order chi connectivity index (χ0) is 24.3. The van der Waals surface area contributed by atoms with Gasteiger partial charge >= 0.3 is 6.18 Å². The van der Waals surface area contributed by atoms with Gasteiger partial charge in [0.25, 0.3) is 5.91 Å². The van der Waals surface area contributed by atoms with Crippen molar-refractivity contribution >= 4 is 23.1 Å². The van der Waals surface area contributed by atoms with Gasteiger partial charge in [0.2, 0.25) is 0 Å². The summed E-state index contributed by atoms with van der Waals surface area (Å²) in [5.41, 5.74) is 7.81. The molecule has 3 heterocycles. The minimum Gasteiger partial charge on any atom is -0.382 e. The van der Waals surface area contributed by atoms with E-state index in [2.05, 4.69) is 15.3 Å². The number of nitrogen functional groups attached to an aromatic ring is 1. The zero-order valence-electron chi connectivity index (χ0n) is 18.5. The molecule has 0 spiro atoms. The van der Waals surface area contributed by atoms with Crippen molar-refractivity contribution < 1.29 is 18.0 Å². The van der Waals surface area contributed by atoms with Gasteiger partial charge in [-0.15, -0.1) is 0 Å². The number of hydrogen-bond donors (Lipinski definition) is 2. The Hall–Kier alpha value is -3.95. The molecule has 1 unspecified atom stereocenters. The second-order valence-electron chi connectivity index (χ2n) is 9.23. The van der Waals surface area contributed by atoms with Gasteiger partial charge in [0.1, 0.15) is 28.7 Å². The lowest BCUT2D eigenvalue weighted by Gasteiger charge is -2.10. The van der Waals surface area contributed by atoms with E-state index in [-0.39, 0.29) is 11.4 Å². The first-order valence-corrected chi connectivity index (χ1v) is 11.4. The van der Waals surface area contributed by atoms with Crippen LogP contribution in [0.2, 0.25) is 0 Å². The molecule has 0 radical (unpaired) electrons. The molecule has 3 atom stereocenters. The molecule has 35 heavy (non-hydrogen) atoms. The van der Waals surface area contributed by atoms with Crippen LogP contribution in [0.3, 0.4) is 0 Å². The summed E-state index contributed by atoms with van der Waals surface area (Å²) >= 11 is 0. The van der Waals surface area contributed by atoms with Crippen molar-refractivity contribution in [3.63, 3.8) is 0 Å². The van der Waals surface area contributed by atoms with Gasteiger partial charge in [-0.3, -0.25) is 9.20 Å². The van der Waals surface area contributed by atoms with Crippen molar-refractivity contribution in [1.29, 1.82) is 0 Å². The summed E-state index contributed by atoms with van der Waals surface area (Å²) in [4.78, 5) is 25.6. The van der Waals surface area contributed by atoms with E-state index >= 15 is 0 Å². The molecule has 3 N–H and O–H groups in total. The number of rotatable bonds is 4. The molecule has 0 saturated heterocycles. The summed E-state index contributed by atoms with van der Waals surface area (Å²) in [6, 6.07) is 8.34. The lowest BCUT2D eigenvalue weighted by atomic mass is 10.0. The van der Waals surface area contributed by atoms with E-state index in [4.69, 9.17) is 10.7 Å². The highest BCUT2D eigenvalue weighted by atomic mass is 19.4. The summed E-state index contributed by atoms with van der Waals surface area (Å²) in [6.45, 7) is 0. The molecule has 7 nitrogen and oxygen atoms in total. The minimum absolute atomic E-state index is 0.174. The largest absolute Gasteiger partial charge is 0.416 e. The molecule has 10 heteroatoms. The van der Waals surface area contributed by atoms with Crippen LogP contribution in [-0.4, -0.2) is 25.3 Å². The van der Waals surface area contributed by atoms with Gasteiger partial charge < -0.3 is 11.1 Å². The van der Waals surface area contributed by atoms with Crippen LogP contribution in [0.15, 0.2) is 55.0 Å². The van der Waals surface area contributed by atoms with Gasteiger partial charge in [-0.1, -0.05) is 12.1 Å². The highest BCUT2D eigenvalue weighted by Gasteiger charge is 2.47. The molecule has 0 aliphatic heterocycles. The summed E-state index contributed by atoms with van der Waals surface area (Å²) in [6.07, 6.45) is 3.62. The van der Waals surface area contributed by atoms with E-state index in [1.807, 2.05) is 10.6 Å². The number of benzene rings is 1. The Morgan fingerprint density at radius 2 is 1.77 bits per heavy atom. The van der Waals surface area contributed by atoms with Crippen LogP contribution in [0.25, 0.3) is 16.8 Å².